The molecule has 0 aliphatic carbocycles. The average Bonchev–Trinajstić information content (AvgIpc) is 3.52. The van der Waals surface area contributed by atoms with E-state index in [1.54, 1.807) is 12.1 Å². The van der Waals surface area contributed by atoms with Gasteiger partial charge in [0.25, 0.3) is 5.69 Å². The molecule has 0 saturated heterocycles. The zero-order valence-corrected chi connectivity index (χ0v) is 20.8. The molecule has 0 aliphatic heterocycles. The van der Waals surface area contributed by atoms with Gasteiger partial charge in [0.05, 0.1) is 32.7 Å². The van der Waals surface area contributed by atoms with Crippen LogP contribution in [0.25, 0.3) is 55.2 Å². The first-order valence-electron chi connectivity index (χ1n) is 12.2. The average molecular weight is 514 g/mol. The summed E-state index contributed by atoms with van der Waals surface area (Å²) >= 11 is 6.29. The molecule has 5 nitrogen and oxygen atoms in total. The quantitative estimate of drug-likeness (QED) is 0.174. The second-order valence-corrected chi connectivity index (χ2v) is 9.64. The van der Waals surface area contributed by atoms with Gasteiger partial charge in [0.15, 0.2) is 0 Å². The lowest BCUT2D eigenvalue weighted by atomic mass is 10.0. The van der Waals surface area contributed by atoms with Gasteiger partial charge >= 0.3 is 0 Å². The van der Waals surface area contributed by atoms with Crippen LogP contribution >= 0.6 is 11.6 Å². The zero-order chi connectivity index (χ0) is 25.8. The van der Waals surface area contributed by atoms with Gasteiger partial charge in [0.1, 0.15) is 0 Å². The molecule has 0 radical (unpaired) electrons. The highest BCUT2D eigenvalue weighted by atomic mass is 35.5. The van der Waals surface area contributed by atoms with Crippen molar-refractivity contribution < 1.29 is 4.92 Å². The van der Waals surface area contributed by atoms with Crippen molar-refractivity contribution in [2.75, 3.05) is 0 Å². The first-order chi connectivity index (χ1) is 18.6. The van der Waals surface area contributed by atoms with Crippen LogP contribution in [0.2, 0.25) is 5.02 Å². The molecule has 38 heavy (non-hydrogen) atoms. The SMILES string of the molecule is O=[N+]([O-])c1ccc(Cl)cc1-c1ccccc1-n1ccc2c1ccc1c3ccccc3n(-c3ccccc3)c12. The Kier molecular flexibility index (Phi) is 5.06. The predicted octanol–water partition coefficient (Wildman–Crippen LogP) is 8.96. The van der Waals surface area contributed by atoms with E-state index in [1.165, 1.54) is 16.8 Å². The molecule has 0 fully saturated rings. The number of nitro benzene ring substituents is 1. The normalized spacial score (nSPS) is 11.5. The van der Waals surface area contributed by atoms with Crippen molar-refractivity contribution in [3.63, 3.8) is 0 Å². The van der Waals surface area contributed by atoms with Crippen molar-refractivity contribution in [1.82, 2.24) is 9.13 Å². The van der Waals surface area contributed by atoms with Crippen molar-refractivity contribution in [2.24, 2.45) is 0 Å². The van der Waals surface area contributed by atoms with E-state index in [1.807, 2.05) is 36.5 Å². The van der Waals surface area contributed by atoms with E-state index in [0.717, 1.165) is 38.9 Å². The number of hydrogen-bond acceptors (Lipinski definition) is 2. The van der Waals surface area contributed by atoms with Crippen LogP contribution in [-0.4, -0.2) is 14.1 Å². The minimum Gasteiger partial charge on any atom is -0.316 e. The maximum absolute atomic E-state index is 11.9. The van der Waals surface area contributed by atoms with Gasteiger partial charge in [-0.1, -0.05) is 72.3 Å². The highest BCUT2D eigenvalue weighted by Gasteiger charge is 2.21. The molecule has 0 unspecified atom stereocenters. The zero-order valence-electron chi connectivity index (χ0n) is 20.1. The van der Waals surface area contributed by atoms with Crippen LogP contribution in [0.5, 0.6) is 0 Å². The molecule has 0 atom stereocenters. The summed E-state index contributed by atoms with van der Waals surface area (Å²) in [6.07, 6.45) is 2.03. The van der Waals surface area contributed by atoms with Crippen LogP contribution in [0.3, 0.4) is 0 Å². The minimum absolute atomic E-state index is 0.0184. The van der Waals surface area contributed by atoms with Gasteiger partial charge < -0.3 is 9.13 Å². The molecule has 7 rings (SSSR count). The number of nitrogens with zero attached hydrogens (tertiary/aromatic N) is 3. The highest BCUT2D eigenvalue weighted by Crippen LogP contribution is 2.40. The van der Waals surface area contributed by atoms with E-state index in [0.29, 0.717) is 10.6 Å². The summed E-state index contributed by atoms with van der Waals surface area (Å²) in [5.74, 6) is 0. The summed E-state index contributed by atoms with van der Waals surface area (Å²) in [5.41, 5.74) is 6.45. The van der Waals surface area contributed by atoms with E-state index in [9.17, 15) is 10.1 Å². The van der Waals surface area contributed by atoms with Crippen LogP contribution in [0.15, 0.2) is 121 Å². The van der Waals surface area contributed by atoms with E-state index >= 15 is 0 Å². The van der Waals surface area contributed by atoms with Crippen LogP contribution in [-0.2, 0) is 0 Å². The fourth-order valence-corrected chi connectivity index (χ4v) is 5.70. The Hall–Kier alpha value is -4.87. The lowest BCUT2D eigenvalue weighted by Crippen LogP contribution is -1.98. The summed E-state index contributed by atoms with van der Waals surface area (Å²) < 4.78 is 4.41. The Bertz CT molecular complexity index is 2020. The molecule has 0 aliphatic rings. The molecule has 7 aromatic rings. The van der Waals surface area contributed by atoms with Crippen molar-refractivity contribution in [2.45, 2.75) is 0 Å². The number of rotatable bonds is 4. The minimum atomic E-state index is -0.363. The molecule has 0 bridgehead atoms. The molecular weight excluding hydrogens is 494 g/mol. The Morgan fingerprint density at radius 1 is 0.658 bits per heavy atom. The second kappa shape index (κ2) is 8.61. The number of fused-ring (bicyclic) bond motifs is 5. The van der Waals surface area contributed by atoms with Crippen LogP contribution in [0.1, 0.15) is 0 Å². The van der Waals surface area contributed by atoms with Gasteiger partial charge in [-0.15, -0.1) is 0 Å². The maximum atomic E-state index is 11.9. The largest absolute Gasteiger partial charge is 0.316 e. The van der Waals surface area contributed by atoms with E-state index in [-0.39, 0.29) is 10.6 Å². The van der Waals surface area contributed by atoms with Gasteiger partial charge in [-0.05, 0) is 48.5 Å². The van der Waals surface area contributed by atoms with Crippen molar-refractivity contribution in [3.05, 3.63) is 137 Å². The lowest BCUT2D eigenvalue weighted by Gasteiger charge is -2.13. The molecule has 2 heterocycles. The Morgan fingerprint density at radius 3 is 2.26 bits per heavy atom. The Morgan fingerprint density at radius 2 is 1.42 bits per heavy atom. The Labute approximate surface area is 222 Å². The third-order valence-electron chi connectivity index (χ3n) is 7.13. The predicted molar refractivity (Wildman–Crippen MR) is 155 cm³/mol. The summed E-state index contributed by atoms with van der Waals surface area (Å²) in [6.45, 7) is 0. The topological polar surface area (TPSA) is 53.0 Å². The van der Waals surface area contributed by atoms with Gasteiger partial charge in [-0.3, -0.25) is 10.1 Å². The van der Waals surface area contributed by atoms with Gasteiger partial charge in [0, 0.05) is 44.7 Å². The van der Waals surface area contributed by atoms with Crippen LogP contribution in [0, 0.1) is 10.1 Å². The fourth-order valence-electron chi connectivity index (χ4n) is 5.53. The Balaban J connectivity index is 1.54. The molecule has 0 saturated carbocycles. The third-order valence-corrected chi connectivity index (χ3v) is 7.36. The standard InChI is InChI=1S/C32H20ClN3O2/c33-21-14-16-31(36(37)38)27(20-21)24-11-4-6-12-28(24)34-19-18-26-29(34)17-15-25-23-10-5-7-13-30(23)35(32(25)26)22-8-2-1-3-9-22/h1-20H. The summed E-state index contributed by atoms with van der Waals surface area (Å²) in [7, 11) is 0. The number of aromatic nitrogens is 2. The molecule has 0 amide bonds. The lowest BCUT2D eigenvalue weighted by molar-refractivity contribution is -0.384. The van der Waals surface area contributed by atoms with Crippen molar-refractivity contribution >= 4 is 50.0 Å². The monoisotopic (exact) mass is 513 g/mol. The summed E-state index contributed by atoms with van der Waals surface area (Å²) in [6, 6.07) is 37.6. The van der Waals surface area contributed by atoms with Crippen LogP contribution < -0.4 is 0 Å². The fraction of sp³-hybridized carbons (Fsp3) is 0. The van der Waals surface area contributed by atoms with E-state index in [2.05, 4.69) is 75.9 Å². The highest BCUT2D eigenvalue weighted by molar-refractivity contribution is 6.31. The first kappa shape index (κ1) is 22.3. The number of benzene rings is 5. The summed E-state index contributed by atoms with van der Waals surface area (Å²) in [5, 5.41) is 15.8. The first-order valence-corrected chi connectivity index (χ1v) is 12.6. The molecule has 5 aromatic carbocycles. The van der Waals surface area contributed by atoms with Gasteiger partial charge in [-0.25, -0.2) is 0 Å². The van der Waals surface area contributed by atoms with E-state index < -0.39 is 0 Å². The second-order valence-electron chi connectivity index (χ2n) is 9.20. The van der Waals surface area contributed by atoms with E-state index in [4.69, 9.17) is 11.6 Å². The smallest absolute Gasteiger partial charge is 0.277 e. The van der Waals surface area contributed by atoms with Gasteiger partial charge in [0.2, 0.25) is 0 Å². The van der Waals surface area contributed by atoms with Gasteiger partial charge in [-0.2, -0.15) is 0 Å². The van der Waals surface area contributed by atoms with Crippen molar-refractivity contribution in [3.8, 4) is 22.5 Å². The van der Waals surface area contributed by atoms with Crippen LogP contribution in [0.4, 0.5) is 5.69 Å². The number of hydrogen-bond donors (Lipinski definition) is 0. The third kappa shape index (κ3) is 3.33. The number of nitro groups is 1. The molecule has 2 aromatic heterocycles. The molecule has 0 spiro atoms. The van der Waals surface area contributed by atoms with Crippen molar-refractivity contribution in [1.29, 1.82) is 0 Å². The molecular formula is C32H20ClN3O2. The number of halogens is 1. The number of para-hydroxylation sites is 3. The molecule has 0 N–H and O–H groups in total. The molecule has 182 valence electrons. The molecule has 6 heteroatoms. The summed E-state index contributed by atoms with van der Waals surface area (Å²) in [4.78, 5) is 11.5. The maximum Gasteiger partial charge on any atom is 0.277 e.